The zero-order valence-electron chi connectivity index (χ0n) is 11.2. The van der Waals surface area contributed by atoms with E-state index in [0.29, 0.717) is 0 Å². The fourth-order valence-corrected chi connectivity index (χ4v) is 0.795. The summed E-state index contributed by atoms with van der Waals surface area (Å²) in [5.41, 5.74) is 0. The maximum atomic E-state index is 10.5. The van der Waals surface area contributed by atoms with Gasteiger partial charge in [0.15, 0.2) is 0 Å². The van der Waals surface area contributed by atoms with Crippen molar-refractivity contribution in [2.24, 2.45) is 0 Å². The predicted octanol–water partition coefficient (Wildman–Crippen LogP) is 2.64. The molecule has 94 valence electrons. The highest BCUT2D eigenvalue weighted by atomic mass is 16.5. The van der Waals surface area contributed by atoms with Crippen LogP contribution in [0.1, 0.15) is 26.7 Å². The molecule has 0 saturated carbocycles. The third-order valence-electron chi connectivity index (χ3n) is 1.65. The van der Waals surface area contributed by atoms with Gasteiger partial charge in [-0.2, -0.15) is 0 Å². The van der Waals surface area contributed by atoms with E-state index in [1.807, 2.05) is 13.8 Å². The average Bonchev–Trinajstić information content (AvgIpc) is 2.35. The summed E-state index contributed by atoms with van der Waals surface area (Å²) in [6.45, 7) is 4.17. The highest BCUT2D eigenvalue weighted by Crippen LogP contribution is 1.98. The number of methoxy groups -OCH3 is 1. The van der Waals surface area contributed by atoms with Crippen LogP contribution in [0, 0.1) is 0 Å². The Morgan fingerprint density at radius 1 is 1.19 bits per heavy atom. The van der Waals surface area contributed by atoms with E-state index in [4.69, 9.17) is 0 Å². The Morgan fingerprint density at radius 3 is 1.75 bits per heavy atom. The van der Waals surface area contributed by atoms with Crippen LogP contribution in [0.25, 0.3) is 0 Å². The van der Waals surface area contributed by atoms with Gasteiger partial charge in [0.25, 0.3) is 0 Å². The van der Waals surface area contributed by atoms with Crippen LogP contribution in [-0.4, -0.2) is 38.6 Å². The molecular formula is C13H25NO2. The molecule has 0 spiro atoms. The van der Waals surface area contributed by atoms with E-state index in [-0.39, 0.29) is 12.5 Å². The maximum absolute atomic E-state index is 10.5. The monoisotopic (exact) mass is 227 g/mol. The van der Waals surface area contributed by atoms with E-state index in [0.717, 1.165) is 0 Å². The Kier molecular flexibility index (Phi) is 15.0. The van der Waals surface area contributed by atoms with Gasteiger partial charge in [-0.05, 0) is 12.8 Å². The van der Waals surface area contributed by atoms with Gasteiger partial charge < -0.3 is 9.64 Å². The fourth-order valence-electron chi connectivity index (χ4n) is 0.795. The molecule has 0 bridgehead atoms. The summed E-state index contributed by atoms with van der Waals surface area (Å²) in [5, 5.41) is 0. The van der Waals surface area contributed by atoms with Crippen molar-refractivity contribution >= 4 is 5.91 Å². The second-order valence-corrected chi connectivity index (χ2v) is 3.15. The van der Waals surface area contributed by atoms with Crippen LogP contribution in [0.15, 0.2) is 24.3 Å². The summed E-state index contributed by atoms with van der Waals surface area (Å²) in [6, 6.07) is 0. The van der Waals surface area contributed by atoms with Crippen LogP contribution in [0.3, 0.4) is 0 Å². The molecule has 0 aromatic rings. The van der Waals surface area contributed by atoms with Crippen LogP contribution in [0.4, 0.5) is 0 Å². The van der Waals surface area contributed by atoms with Crippen molar-refractivity contribution in [2.45, 2.75) is 26.7 Å². The third-order valence-corrected chi connectivity index (χ3v) is 1.65. The number of likely N-dealkylation sites (N-methyl/N-ethyl adjacent to an activating group) is 1. The predicted molar refractivity (Wildman–Crippen MR) is 69.4 cm³/mol. The highest BCUT2D eigenvalue weighted by Gasteiger charge is 1.99. The molecule has 3 heteroatoms. The van der Waals surface area contributed by atoms with Crippen molar-refractivity contribution in [3.8, 4) is 0 Å². The van der Waals surface area contributed by atoms with E-state index in [2.05, 4.69) is 29.0 Å². The average molecular weight is 227 g/mol. The van der Waals surface area contributed by atoms with Crippen molar-refractivity contribution in [3.63, 3.8) is 0 Å². The quantitative estimate of drug-likeness (QED) is 0.726. The number of carbonyl (C=O) groups excluding carboxylic acids is 1. The van der Waals surface area contributed by atoms with Crippen molar-refractivity contribution in [1.29, 1.82) is 0 Å². The Morgan fingerprint density at radius 2 is 1.62 bits per heavy atom. The summed E-state index contributed by atoms with van der Waals surface area (Å²) >= 11 is 0. The second-order valence-electron chi connectivity index (χ2n) is 3.15. The number of hydrogen-bond donors (Lipinski definition) is 0. The van der Waals surface area contributed by atoms with Gasteiger partial charge in [0, 0.05) is 21.2 Å². The molecular weight excluding hydrogens is 202 g/mol. The maximum Gasteiger partial charge on any atom is 0.248 e. The van der Waals surface area contributed by atoms with E-state index < -0.39 is 0 Å². The molecule has 1 amide bonds. The molecule has 0 unspecified atom stereocenters. The number of carbonyl (C=O) groups is 1. The molecule has 0 saturated heterocycles. The molecule has 0 radical (unpaired) electrons. The van der Waals surface area contributed by atoms with Gasteiger partial charge in [-0.1, -0.05) is 38.2 Å². The molecule has 0 aromatic carbocycles. The van der Waals surface area contributed by atoms with Gasteiger partial charge in [0.2, 0.25) is 5.91 Å². The molecule has 0 aliphatic heterocycles. The van der Waals surface area contributed by atoms with E-state index in [9.17, 15) is 4.79 Å². The van der Waals surface area contributed by atoms with Gasteiger partial charge in [-0.25, -0.2) is 0 Å². The zero-order valence-corrected chi connectivity index (χ0v) is 11.2. The Bertz CT molecular complexity index is 196. The SMILES string of the molecule is C1=CCCC=C1.CC.COCC(=O)N(C)C. The summed E-state index contributed by atoms with van der Waals surface area (Å²) < 4.78 is 4.57. The summed E-state index contributed by atoms with van der Waals surface area (Å²) in [5.74, 6) is -0.00694. The molecule has 1 rings (SSSR count). The van der Waals surface area contributed by atoms with Crippen molar-refractivity contribution in [2.75, 3.05) is 27.8 Å². The fraction of sp³-hybridized carbons (Fsp3) is 0.615. The van der Waals surface area contributed by atoms with E-state index in [1.165, 1.54) is 24.9 Å². The smallest absolute Gasteiger partial charge is 0.248 e. The Labute approximate surface area is 99.8 Å². The molecule has 1 aliphatic carbocycles. The first kappa shape index (κ1) is 17.3. The summed E-state index contributed by atoms with van der Waals surface area (Å²) in [6.07, 6.45) is 11.0. The van der Waals surface area contributed by atoms with Gasteiger partial charge in [0.05, 0.1) is 0 Å². The molecule has 0 fully saturated rings. The molecule has 0 heterocycles. The first-order chi connectivity index (χ1) is 7.68. The number of hydrogen-bond acceptors (Lipinski definition) is 2. The van der Waals surface area contributed by atoms with Crippen molar-refractivity contribution in [1.82, 2.24) is 4.90 Å². The largest absolute Gasteiger partial charge is 0.375 e. The van der Waals surface area contributed by atoms with Gasteiger partial charge in [0.1, 0.15) is 6.61 Å². The molecule has 0 aromatic heterocycles. The molecule has 16 heavy (non-hydrogen) atoms. The minimum Gasteiger partial charge on any atom is -0.375 e. The standard InChI is InChI=1S/C6H8.C5H11NO2.C2H6/c1-2-4-6-5-3-1;1-6(2)5(7)4-8-3;1-2/h1-4H,5-6H2;4H2,1-3H3;1-2H3. The van der Waals surface area contributed by atoms with E-state index >= 15 is 0 Å². The summed E-state index contributed by atoms with van der Waals surface area (Å²) in [7, 11) is 4.89. The second kappa shape index (κ2) is 13.9. The number of ether oxygens (including phenoxy) is 1. The first-order valence-corrected chi connectivity index (χ1v) is 5.69. The highest BCUT2D eigenvalue weighted by molar-refractivity contribution is 5.76. The minimum absolute atomic E-state index is 0.00694. The molecule has 3 nitrogen and oxygen atoms in total. The van der Waals surface area contributed by atoms with Crippen LogP contribution < -0.4 is 0 Å². The molecule has 0 atom stereocenters. The molecule has 0 N–H and O–H groups in total. The third kappa shape index (κ3) is 12.9. The lowest BCUT2D eigenvalue weighted by atomic mass is 10.2. The zero-order chi connectivity index (χ0) is 12.8. The lowest BCUT2D eigenvalue weighted by Crippen LogP contribution is -2.25. The van der Waals surface area contributed by atoms with Crippen LogP contribution in [0.2, 0.25) is 0 Å². The number of allylic oxidation sites excluding steroid dienone is 4. The number of rotatable bonds is 2. The minimum atomic E-state index is -0.00694. The van der Waals surface area contributed by atoms with Crippen LogP contribution in [0.5, 0.6) is 0 Å². The van der Waals surface area contributed by atoms with Gasteiger partial charge in [-0.15, -0.1) is 0 Å². The number of nitrogens with zero attached hydrogens (tertiary/aromatic N) is 1. The lowest BCUT2D eigenvalue weighted by molar-refractivity contribution is -0.132. The summed E-state index contributed by atoms with van der Waals surface area (Å²) in [4.78, 5) is 12.0. The lowest BCUT2D eigenvalue weighted by Gasteiger charge is -2.07. The Hall–Kier alpha value is -1.09. The molecule has 1 aliphatic rings. The topological polar surface area (TPSA) is 29.5 Å². The van der Waals surface area contributed by atoms with Crippen molar-refractivity contribution in [3.05, 3.63) is 24.3 Å². The van der Waals surface area contributed by atoms with E-state index in [1.54, 1.807) is 14.1 Å². The normalized spacial score (nSPS) is 11.8. The number of amides is 1. The van der Waals surface area contributed by atoms with Gasteiger partial charge >= 0.3 is 0 Å². The Balaban J connectivity index is 0. The first-order valence-electron chi connectivity index (χ1n) is 5.69. The van der Waals surface area contributed by atoms with Crippen LogP contribution in [-0.2, 0) is 9.53 Å². The van der Waals surface area contributed by atoms with Gasteiger partial charge in [-0.3, -0.25) is 4.79 Å². The van der Waals surface area contributed by atoms with Crippen LogP contribution >= 0.6 is 0 Å². The van der Waals surface area contributed by atoms with Crippen molar-refractivity contribution < 1.29 is 9.53 Å².